The number of amides is 1. The Balaban J connectivity index is 1.72. The van der Waals surface area contributed by atoms with Gasteiger partial charge in [0, 0.05) is 26.7 Å². The maximum absolute atomic E-state index is 13.0. The van der Waals surface area contributed by atoms with Crippen LogP contribution in [0, 0.1) is 6.92 Å². The van der Waals surface area contributed by atoms with Crippen LogP contribution in [0.1, 0.15) is 22.7 Å². The third-order valence-electron chi connectivity index (χ3n) is 5.67. The lowest BCUT2D eigenvalue weighted by atomic mass is 10.0. The number of morpholine rings is 1. The Morgan fingerprint density at radius 2 is 1.80 bits per heavy atom. The Labute approximate surface area is 179 Å². The second-order valence-corrected chi connectivity index (χ2v) is 7.69. The van der Waals surface area contributed by atoms with Gasteiger partial charge in [0.05, 0.1) is 39.9 Å². The van der Waals surface area contributed by atoms with E-state index >= 15 is 0 Å². The molecule has 0 aromatic heterocycles. The Morgan fingerprint density at radius 1 is 1.10 bits per heavy atom. The predicted molar refractivity (Wildman–Crippen MR) is 117 cm³/mol. The summed E-state index contributed by atoms with van der Waals surface area (Å²) in [5.41, 5.74) is 3.21. The van der Waals surface area contributed by atoms with E-state index < -0.39 is 0 Å². The summed E-state index contributed by atoms with van der Waals surface area (Å²) in [6.45, 7) is 5.77. The summed E-state index contributed by atoms with van der Waals surface area (Å²) in [4.78, 5) is 17.2. The highest BCUT2D eigenvalue weighted by molar-refractivity contribution is 5.78. The van der Waals surface area contributed by atoms with Crippen molar-refractivity contribution in [1.82, 2.24) is 9.80 Å². The van der Waals surface area contributed by atoms with Gasteiger partial charge in [-0.1, -0.05) is 24.3 Å². The summed E-state index contributed by atoms with van der Waals surface area (Å²) < 4.78 is 16.1. The largest absolute Gasteiger partial charge is 0.497 e. The first-order valence-corrected chi connectivity index (χ1v) is 10.3. The smallest absolute Gasteiger partial charge is 0.226 e. The molecule has 30 heavy (non-hydrogen) atoms. The average Bonchev–Trinajstić information content (AvgIpc) is 2.78. The lowest BCUT2D eigenvalue weighted by Crippen LogP contribution is -2.44. The fourth-order valence-corrected chi connectivity index (χ4v) is 3.87. The normalized spacial score (nSPS) is 15.5. The molecule has 0 radical (unpaired) electrons. The Kier molecular flexibility index (Phi) is 7.71. The zero-order chi connectivity index (χ0) is 21.5. The highest BCUT2D eigenvalue weighted by atomic mass is 16.5. The summed E-state index contributed by atoms with van der Waals surface area (Å²) in [5, 5.41) is 0. The number of carbonyl (C=O) groups is 1. The zero-order valence-corrected chi connectivity index (χ0v) is 18.4. The van der Waals surface area contributed by atoms with E-state index in [9.17, 15) is 4.79 Å². The van der Waals surface area contributed by atoms with Crippen LogP contribution >= 0.6 is 0 Å². The molecule has 1 saturated heterocycles. The van der Waals surface area contributed by atoms with Crippen LogP contribution in [0.15, 0.2) is 42.5 Å². The minimum Gasteiger partial charge on any atom is -0.497 e. The predicted octanol–water partition coefficient (Wildman–Crippen LogP) is 3.09. The first-order valence-electron chi connectivity index (χ1n) is 10.3. The SMILES string of the molecule is COc1ccc([C@@H](CN(C)C(=O)Cc2ccc(OC)c(C)c2)N2CCOCC2)cc1. The number of ether oxygens (including phenoxy) is 3. The van der Waals surface area contributed by atoms with E-state index in [1.165, 1.54) is 5.56 Å². The molecule has 2 aromatic carbocycles. The van der Waals surface area contributed by atoms with Gasteiger partial charge >= 0.3 is 0 Å². The van der Waals surface area contributed by atoms with Crippen molar-refractivity contribution >= 4 is 5.91 Å². The molecular formula is C24H32N2O4. The minimum absolute atomic E-state index is 0.103. The number of benzene rings is 2. The number of rotatable bonds is 8. The van der Waals surface area contributed by atoms with Gasteiger partial charge in [0.1, 0.15) is 11.5 Å². The number of aryl methyl sites for hydroxylation is 1. The molecule has 0 bridgehead atoms. The van der Waals surface area contributed by atoms with Crippen molar-refractivity contribution in [3.63, 3.8) is 0 Å². The van der Waals surface area contributed by atoms with Crippen LogP contribution in [0.3, 0.4) is 0 Å². The molecule has 1 aliphatic rings. The molecule has 0 unspecified atom stereocenters. The van der Waals surface area contributed by atoms with Crippen LogP contribution in [0.2, 0.25) is 0 Å². The van der Waals surface area contributed by atoms with Crippen molar-refractivity contribution in [2.45, 2.75) is 19.4 Å². The van der Waals surface area contributed by atoms with E-state index in [0.29, 0.717) is 13.0 Å². The lowest BCUT2D eigenvalue weighted by molar-refractivity contribution is -0.130. The van der Waals surface area contributed by atoms with Gasteiger partial charge in [-0.15, -0.1) is 0 Å². The van der Waals surface area contributed by atoms with Crippen LogP contribution in [-0.2, 0) is 16.0 Å². The van der Waals surface area contributed by atoms with Gasteiger partial charge in [0.2, 0.25) is 5.91 Å². The fourth-order valence-electron chi connectivity index (χ4n) is 3.87. The first-order chi connectivity index (χ1) is 14.5. The minimum atomic E-state index is 0.103. The van der Waals surface area contributed by atoms with Gasteiger partial charge in [-0.25, -0.2) is 0 Å². The summed E-state index contributed by atoms with van der Waals surface area (Å²) in [5.74, 6) is 1.77. The number of nitrogens with zero attached hydrogens (tertiary/aromatic N) is 2. The maximum atomic E-state index is 13.0. The topological polar surface area (TPSA) is 51.2 Å². The van der Waals surface area contributed by atoms with Gasteiger partial charge in [-0.2, -0.15) is 0 Å². The molecule has 1 amide bonds. The molecule has 1 aliphatic heterocycles. The summed E-state index contributed by atoms with van der Waals surface area (Å²) in [6.07, 6.45) is 0.375. The summed E-state index contributed by atoms with van der Waals surface area (Å²) >= 11 is 0. The molecule has 1 heterocycles. The van der Waals surface area contributed by atoms with Crippen molar-refractivity contribution in [3.8, 4) is 11.5 Å². The molecule has 0 N–H and O–H groups in total. The van der Waals surface area contributed by atoms with Gasteiger partial charge in [0.25, 0.3) is 0 Å². The van der Waals surface area contributed by atoms with Gasteiger partial charge in [-0.3, -0.25) is 9.69 Å². The molecule has 2 aromatic rings. The summed E-state index contributed by atoms with van der Waals surface area (Å²) in [6, 6.07) is 14.1. The second-order valence-electron chi connectivity index (χ2n) is 7.69. The molecule has 0 saturated carbocycles. The van der Waals surface area contributed by atoms with Gasteiger partial charge < -0.3 is 19.1 Å². The van der Waals surface area contributed by atoms with Gasteiger partial charge in [0.15, 0.2) is 0 Å². The lowest BCUT2D eigenvalue weighted by Gasteiger charge is -2.37. The van der Waals surface area contributed by atoms with Crippen LogP contribution < -0.4 is 9.47 Å². The monoisotopic (exact) mass is 412 g/mol. The van der Waals surface area contributed by atoms with Crippen molar-refractivity contribution in [2.75, 3.05) is 54.1 Å². The molecule has 3 rings (SSSR count). The Bertz CT molecular complexity index is 832. The zero-order valence-electron chi connectivity index (χ0n) is 18.4. The van der Waals surface area contributed by atoms with E-state index in [0.717, 1.165) is 48.9 Å². The van der Waals surface area contributed by atoms with E-state index in [4.69, 9.17) is 14.2 Å². The van der Waals surface area contributed by atoms with E-state index in [-0.39, 0.29) is 11.9 Å². The summed E-state index contributed by atoms with van der Waals surface area (Å²) in [7, 11) is 5.21. The van der Waals surface area contributed by atoms with Crippen molar-refractivity contribution in [2.24, 2.45) is 0 Å². The standard InChI is InChI=1S/C24H32N2O4/c1-18-15-19(5-10-23(18)29-4)16-24(27)25(2)17-22(26-11-13-30-14-12-26)20-6-8-21(28-3)9-7-20/h5-10,15,22H,11-14,16-17H2,1-4H3/t22-/m1/s1. The molecular weight excluding hydrogens is 380 g/mol. The van der Waals surface area contributed by atoms with E-state index in [1.54, 1.807) is 14.2 Å². The van der Waals surface area contributed by atoms with Crippen molar-refractivity contribution in [3.05, 3.63) is 59.2 Å². The molecule has 1 atom stereocenters. The average molecular weight is 413 g/mol. The van der Waals surface area contributed by atoms with Crippen molar-refractivity contribution < 1.29 is 19.0 Å². The number of likely N-dealkylation sites (N-methyl/N-ethyl adjacent to an activating group) is 1. The molecule has 0 spiro atoms. The molecule has 6 heteroatoms. The Hall–Kier alpha value is -2.57. The third kappa shape index (κ3) is 5.52. The first kappa shape index (κ1) is 22.1. The van der Waals surface area contributed by atoms with Crippen LogP contribution in [0.5, 0.6) is 11.5 Å². The maximum Gasteiger partial charge on any atom is 0.226 e. The highest BCUT2D eigenvalue weighted by Gasteiger charge is 2.25. The van der Waals surface area contributed by atoms with Crippen LogP contribution in [-0.4, -0.2) is 69.8 Å². The fraction of sp³-hybridized carbons (Fsp3) is 0.458. The van der Waals surface area contributed by atoms with Crippen LogP contribution in [0.4, 0.5) is 0 Å². The molecule has 0 aliphatic carbocycles. The highest BCUT2D eigenvalue weighted by Crippen LogP contribution is 2.25. The Morgan fingerprint density at radius 3 is 2.40 bits per heavy atom. The van der Waals surface area contributed by atoms with Crippen molar-refractivity contribution in [1.29, 1.82) is 0 Å². The number of methoxy groups -OCH3 is 2. The van der Waals surface area contributed by atoms with E-state index in [2.05, 4.69) is 17.0 Å². The second kappa shape index (κ2) is 10.5. The molecule has 162 valence electrons. The van der Waals surface area contributed by atoms with Crippen LogP contribution in [0.25, 0.3) is 0 Å². The number of hydrogen-bond donors (Lipinski definition) is 0. The number of carbonyl (C=O) groups excluding carboxylic acids is 1. The van der Waals surface area contributed by atoms with Gasteiger partial charge in [-0.05, 0) is 41.8 Å². The molecule has 1 fully saturated rings. The quantitative estimate of drug-likeness (QED) is 0.667. The molecule has 6 nitrogen and oxygen atoms in total. The van der Waals surface area contributed by atoms with E-state index in [1.807, 2.05) is 49.2 Å². The number of hydrogen-bond acceptors (Lipinski definition) is 5. The third-order valence-corrected chi connectivity index (χ3v) is 5.67.